The molecule has 5 aromatic carbocycles. The van der Waals surface area contributed by atoms with Crippen molar-refractivity contribution in [3.05, 3.63) is 156 Å². The van der Waals surface area contributed by atoms with Gasteiger partial charge in [0, 0.05) is 47.4 Å². The number of nitrogens with zero attached hydrogens (tertiary/aromatic N) is 1. The van der Waals surface area contributed by atoms with Gasteiger partial charge in [-0.2, -0.15) is 0 Å². The molecule has 14 heteroatoms. The van der Waals surface area contributed by atoms with Crippen LogP contribution in [0.3, 0.4) is 0 Å². The van der Waals surface area contributed by atoms with Crippen LogP contribution < -0.4 is 16.3 Å². The Bertz CT molecular complexity index is 2260. The minimum Gasteiger partial charge on any atom is -0.431 e. The van der Waals surface area contributed by atoms with E-state index in [9.17, 15) is 24.7 Å². The van der Waals surface area contributed by atoms with Crippen LogP contribution in [-0.2, 0) is 37.1 Å². The summed E-state index contributed by atoms with van der Waals surface area (Å²) in [5, 5.41) is 31.5. The largest absolute Gasteiger partial charge is 0.488 e. The van der Waals surface area contributed by atoms with Crippen molar-refractivity contribution in [2.75, 3.05) is 11.1 Å². The number of rotatable bonds is 20. The van der Waals surface area contributed by atoms with Gasteiger partial charge in [0.15, 0.2) is 12.1 Å². The molecule has 3 atom stereocenters. The fraction of sp³-hybridized carbons (Fsp3) is 0.271. The highest BCUT2D eigenvalue weighted by atomic mass is 32.2. The fourth-order valence-electron chi connectivity index (χ4n) is 7.03. The minimum absolute atomic E-state index is 0.0389. The van der Waals surface area contributed by atoms with Gasteiger partial charge < -0.3 is 34.4 Å². The lowest BCUT2D eigenvalue weighted by molar-refractivity contribution is -0.245. The number of oxazole rings is 1. The maximum atomic E-state index is 12.8. The van der Waals surface area contributed by atoms with Gasteiger partial charge in [-0.25, -0.2) is 10.5 Å². The van der Waals surface area contributed by atoms with Crippen LogP contribution in [0.1, 0.15) is 79.6 Å². The van der Waals surface area contributed by atoms with Gasteiger partial charge in [-0.1, -0.05) is 146 Å². The molecule has 0 bridgehead atoms. The third-order valence-electron chi connectivity index (χ3n) is 10.4. The van der Waals surface area contributed by atoms with Crippen molar-refractivity contribution in [2.24, 2.45) is 0 Å². The second-order valence-corrected chi connectivity index (χ2v) is 16.0. The average Bonchev–Trinajstić information content (AvgIpc) is 3.75. The summed E-state index contributed by atoms with van der Waals surface area (Å²) in [5.74, 6) is 0.976. The molecule has 1 saturated heterocycles. The number of nitrogens with one attached hydrogen (secondary N) is 2. The van der Waals surface area contributed by atoms with E-state index in [1.165, 1.54) is 11.8 Å². The summed E-state index contributed by atoms with van der Waals surface area (Å²) >= 11 is 1.50. The zero-order chi connectivity index (χ0) is 43.1. The monoisotopic (exact) mass is 855 g/mol. The number of carbonyl (C=O) groups excluding carboxylic acids is 2. The van der Waals surface area contributed by atoms with Crippen LogP contribution in [0.2, 0.25) is 0 Å². The second-order valence-electron chi connectivity index (χ2n) is 15.1. The van der Waals surface area contributed by atoms with Crippen molar-refractivity contribution in [3.8, 4) is 22.6 Å². The molecule has 0 spiro atoms. The number of aliphatic hydroxyl groups excluding tert-OH is 1. The number of carbonyl (C=O) groups is 2. The summed E-state index contributed by atoms with van der Waals surface area (Å²) in [4.78, 5) is 35.1. The van der Waals surface area contributed by atoms with Crippen LogP contribution in [0.15, 0.2) is 143 Å². The van der Waals surface area contributed by atoms with Crippen molar-refractivity contribution in [2.45, 2.75) is 81.9 Å². The van der Waals surface area contributed by atoms with Crippen LogP contribution >= 0.6 is 11.8 Å². The lowest BCUT2D eigenvalue weighted by Crippen LogP contribution is -2.31. The van der Waals surface area contributed by atoms with Crippen LogP contribution in [0.5, 0.6) is 0 Å². The third kappa shape index (κ3) is 12.7. The van der Waals surface area contributed by atoms with Gasteiger partial charge in [-0.15, -0.1) is 0 Å². The third-order valence-corrected chi connectivity index (χ3v) is 11.4. The number of unbranched alkanes of at least 4 members (excludes halogenated alkanes) is 3. The van der Waals surface area contributed by atoms with Crippen molar-refractivity contribution in [1.29, 1.82) is 0 Å². The number of aromatic nitrogens is 1. The lowest BCUT2D eigenvalue weighted by atomic mass is 9.80. The first-order chi connectivity index (χ1) is 30.3. The Balaban J connectivity index is 0.890. The molecule has 1 aromatic heterocycles. The van der Waals surface area contributed by atoms with Gasteiger partial charge in [0.05, 0.1) is 25.4 Å². The Kier molecular flexibility index (Phi) is 16.1. The van der Waals surface area contributed by atoms with Gasteiger partial charge in [-0.05, 0) is 47.1 Å². The molecule has 7 rings (SSSR count). The Labute approximate surface area is 365 Å². The molecule has 2 amide bonds. The number of ether oxygens (including phenoxy) is 2. The number of thioether (sulfide) groups is 1. The number of anilines is 1. The number of hydrogen-bond acceptors (Lipinski definition) is 11. The van der Waals surface area contributed by atoms with Gasteiger partial charge in [0.1, 0.15) is 5.69 Å². The van der Waals surface area contributed by atoms with Crippen molar-refractivity contribution < 1.29 is 43.5 Å². The molecule has 320 valence electrons. The molecule has 1 aliphatic heterocycles. The molecular formula is C48H50BN3O9S. The first-order valence-corrected chi connectivity index (χ1v) is 21.8. The maximum absolute atomic E-state index is 12.8. The average molecular weight is 856 g/mol. The summed E-state index contributed by atoms with van der Waals surface area (Å²) in [6, 6.07) is 41.8. The number of aliphatic hydroxyl groups is 1. The molecule has 0 saturated carbocycles. The standard InChI is InChI=1S/C48H50BN3O9S/c53-30-33-17-21-35(22-18-33)42-29-41(32-62-48-51-45(36-11-5-3-6-12-36)46(61-48)37-13-7-4-8-14-37)59-47(60-42)38-23-27-40(28-24-38)50-43(54)15-9-1-2-10-16-44(55)52-58-31-34-19-25-39(26-20-34)49(56)57/h3-8,11-14,17-28,41-42,47,53,56-57H,1-2,9-10,15-16,29-32H2,(H,50,54)(H,52,55)/t41-,42+,47+/m1/s1. The Morgan fingerprint density at radius 2 is 1.35 bits per heavy atom. The highest BCUT2D eigenvalue weighted by Crippen LogP contribution is 2.41. The zero-order valence-corrected chi connectivity index (χ0v) is 35.0. The molecule has 0 unspecified atom stereocenters. The van der Waals surface area contributed by atoms with Crippen LogP contribution in [-0.4, -0.2) is 50.9 Å². The minimum atomic E-state index is -1.53. The molecule has 5 N–H and O–H groups in total. The molecule has 1 aliphatic rings. The van der Waals surface area contributed by atoms with E-state index in [4.69, 9.17) is 23.7 Å². The first kappa shape index (κ1) is 44.5. The number of benzene rings is 5. The number of hydroxylamine groups is 1. The molecule has 6 aromatic rings. The quantitative estimate of drug-likeness (QED) is 0.0218. The van der Waals surface area contributed by atoms with E-state index >= 15 is 0 Å². The van der Waals surface area contributed by atoms with E-state index in [0.717, 1.165) is 51.9 Å². The SMILES string of the molecule is O=C(CCCCCCC(=O)Nc1ccc([C@H]2O[C@@H](CSc3nc(-c4ccccc4)c(-c4ccccc4)o3)C[C@@H](c3ccc(CO)cc3)O2)cc1)NOCc1ccc(B(O)O)cc1. The molecule has 0 radical (unpaired) electrons. The van der Waals surface area contributed by atoms with Crippen molar-refractivity contribution >= 4 is 41.8 Å². The van der Waals surface area contributed by atoms with E-state index in [1.807, 2.05) is 109 Å². The first-order valence-electron chi connectivity index (χ1n) is 20.8. The normalized spacial score (nSPS) is 16.1. The van der Waals surface area contributed by atoms with Crippen LogP contribution in [0.4, 0.5) is 5.69 Å². The highest BCUT2D eigenvalue weighted by molar-refractivity contribution is 7.99. The summed E-state index contributed by atoms with van der Waals surface area (Å²) in [6.07, 6.45) is 3.10. The number of amides is 2. The van der Waals surface area contributed by atoms with E-state index in [2.05, 4.69) is 10.8 Å². The Morgan fingerprint density at radius 3 is 2.02 bits per heavy atom. The van der Waals surface area contributed by atoms with Crippen LogP contribution in [0.25, 0.3) is 22.6 Å². The van der Waals surface area contributed by atoms with Gasteiger partial charge in [0.25, 0.3) is 5.22 Å². The Morgan fingerprint density at radius 1 is 0.726 bits per heavy atom. The summed E-state index contributed by atoms with van der Waals surface area (Å²) < 4.78 is 19.5. The summed E-state index contributed by atoms with van der Waals surface area (Å²) in [6.45, 7) is 0.122. The predicted octanol–water partition coefficient (Wildman–Crippen LogP) is 8.05. The van der Waals surface area contributed by atoms with E-state index < -0.39 is 13.4 Å². The van der Waals surface area contributed by atoms with E-state index in [1.54, 1.807) is 24.3 Å². The molecule has 1 fully saturated rings. The van der Waals surface area contributed by atoms with E-state index in [0.29, 0.717) is 60.0 Å². The molecule has 62 heavy (non-hydrogen) atoms. The van der Waals surface area contributed by atoms with Gasteiger partial charge >= 0.3 is 7.12 Å². The highest BCUT2D eigenvalue weighted by Gasteiger charge is 2.33. The van der Waals surface area contributed by atoms with Gasteiger partial charge in [-0.3, -0.25) is 14.4 Å². The number of hydrogen-bond donors (Lipinski definition) is 5. The van der Waals surface area contributed by atoms with Crippen molar-refractivity contribution in [3.63, 3.8) is 0 Å². The Hall–Kier alpha value is -5.58. The summed E-state index contributed by atoms with van der Waals surface area (Å²) in [5.41, 5.74) is 9.60. The zero-order valence-electron chi connectivity index (χ0n) is 34.2. The lowest BCUT2D eigenvalue weighted by Gasteiger charge is -2.36. The summed E-state index contributed by atoms with van der Waals surface area (Å²) in [7, 11) is -1.53. The van der Waals surface area contributed by atoms with Crippen LogP contribution in [0, 0.1) is 0 Å². The topological polar surface area (TPSA) is 173 Å². The van der Waals surface area contributed by atoms with Crippen molar-refractivity contribution in [1.82, 2.24) is 10.5 Å². The smallest absolute Gasteiger partial charge is 0.431 e. The van der Waals surface area contributed by atoms with Gasteiger partial charge in [0.2, 0.25) is 11.8 Å². The second kappa shape index (κ2) is 22.5. The fourth-order valence-corrected chi connectivity index (χ4v) is 7.88. The maximum Gasteiger partial charge on any atom is 0.488 e. The molecule has 0 aliphatic carbocycles. The molecular weight excluding hydrogens is 805 g/mol. The molecule has 12 nitrogen and oxygen atoms in total. The van der Waals surface area contributed by atoms with E-state index in [-0.39, 0.29) is 37.2 Å². The molecule has 2 heterocycles. The predicted molar refractivity (Wildman–Crippen MR) is 238 cm³/mol.